The molecule has 1 aliphatic carbocycles. The van der Waals surface area contributed by atoms with E-state index >= 15 is 0 Å². The van der Waals surface area contributed by atoms with E-state index < -0.39 is 23.2 Å². The Hall–Kier alpha value is -3.30. The van der Waals surface area contributed by atoms with Crippen LogP contribution in [0.5, 0.6) is 5.88 Å². The number of hydrogen-bond donors (Lipinski definition) is 2. The van der Waals surface area contributed by atoms with Crippen LogP contribution < -0.4 is 15.8 Å². The number of guanidine groups is 1. The lowest BCUT2D eigenvalue weighted by Crippen LogP contribution is -2.51. The van der Waals surface area contributed by atoms with Crippen LogP contribution >= 0.6 is 0 Å². The number of carbonyl (C=O) groups is 2. The fourth-order valence-electron chi connectivity index (χ4n) is 3.17. The van der Waals surface area contributed by atoms with Gasteiger partial charge in [-0.3, -0.25) is 14.5 Å². The molecule has 0 aromatic carbocycles. The van der Waals surface area contributed by atoms with Crippen molar-refractivity contribution in [3.8, 4) is 5.88 Å². The summed E-state index contributed by atoms with van der Waals surface area (Å²) < 4.78 is 19.5. The van der Waals surface area contributed by atoms with Gasteiger partial charge >= 0.3 is 0 Å². The highest BCUT2D eigenvalue weighted by Gasteiger charge is 2.44. The fraction of sp³-hybridized carbons (Fsp3) is 0.389. The second-order valence-corrected chi connectivity index (χ2v) is 6.85. The molecule has 0 fully saturated rings. The van der Waals surface area contributed by atoms with Gasteiger partial charge in [-0.1, -0.05) is 0 Å². The molecule has 0 bridgehead atoms. The Kier molecular flexibility index (Phi) is 5.12. The molecule has 0 saturated heterocycles. The Balaban J connectivity index is 1.77. The summed E-state index contributed by atoms with van der Waals surface area (Å²) in [5.74, 6) is -1.54. The maximum Gasteiger partial charge on any atom is 0.275 e. The summed E-state index contributed by atoms with van der Waals surface area (Å²) in [6.45, 7) is 1.68. The third-order valence-corrected chi connectivity index (χ3v) is 4.89. The number of amides is 2. The van der Waals surface area contributed by atoms with Crippen molar-refractivity contribution in [2.75, 3.05) is 14.2 Å². The largest absolute Gasteiger partial charge is 0.480 e. The van der Waals surface area contributed by atoms with E-state index in [1.54, 1.807) is 6.92 Å². The van der Waals surface area contributed by atoms with E-state index in [0.717, 1.165) is 0 Å². The molecular formula is C18H21FN6O3. The molecule has 1 unspecified atom stereocenters. The van der Waals surface area contributed by atoms with Crippen LogP contribution in [0.25, 0.3) is 0 Å². The number of ether oxygens (including phenoxy) is 1. The highest BCUT2D eigenvalue weighted by atomic mass is 19.1. The summed E-state index contributed by atoms with van der Waals surface area (Å²) in [5.41, 5.74) is 5.35. The zero-order chi connectivity index (χ0) is 20.5. The predicted molar refractivity (Wildman–Crippen MR) is 98.8 cm³/mol. The van der Waals surface area contributed by atoms with Crippen LogP contribution in [0.1, 0.15) is 30.3 Å². The van der Waals surface area contributed by atoms with Gasteiger partial charge in [0.25, 0.3) is 5.91 Å². The van der Waals surface area contributed by atoms with Gasteiger partial charge in [0.2, 0.25) is 11.8 Å². The van der Waals surface area contributed by atoms with Crippen molar-refractivity contribution < 1.29 is 18.7 Å². The second-order valence-electron chi connectivity index (χ2n) is 6.85. The number of halogens is 1. The summed E-state index contributed by atoms with van der Waals surface area (Å²) in [6, 6.07) is 0. The Labute approximate surface area is 161 Å². The molecule has 0 saturated carbocycles. The first-order chi connectivity index (χ1) is 13.2. The standard InChI is InChI=1S/C18H21FN6O3/c1-18(7-15(26)25(2)17(20)24-18)11-6-10(4-5-12(11)19)23-16(27)13-8-22-14(28-3)9-21-13/h4-5,8-9,11H,6-7H2,1-3H3,(H2,20,24)(H,23,27)/t11?,18-/m0/s1. The molecule has 1 aliphatic heterocycles. The maximum absolute atomic E-state index is 14.6. The molecule has 9 nitrogen and oxygen atoms in total. The van der Waals surface area contributed by atoms with Crippen LogP contribution in [0.15, 0.2) is 41.1 Å². The lowest BCUT2D eigenvalue weighted by atomic mass is 9.76. The summed E-state index contributed by atoms with van der Waals surface area (Å²) in [6.07, 6.45) is 5.53. The molecule has 1 aromatic rings. The first-order valence-electron chi connectivity index (χ1n) is 8.59. The van der Waals surface area contributed by atoms with Crippen molar-refractivity contribution >= 4 is 17.8 Å². The first-order valence-corrected chi connectivity index (χ1v) is 8.59. The monoisotopic (exact) mass is 388 g/mol. The summed E-state index contributed by atoms with van der Waals surface area (Å²) in [7, 11) is 2.97. The number of allylic oxidation sites excluding steroid dienone is 3. The molecule has 28 heavy (non-hydrogen) atoms. The van der Waals surface area contributed by atoms with Crippen LogP contribution in [0.3, 0.4) is 0 Å². The van der Waals surface area contributed by atoms with Gasteiger partial charge in [-0.2, -0.15) is 0 Å². The van der Waals surface area contributed by atoms with Gasteiger partial charge in [0.15, 0.2) is 5.96 Å². The van der Waals surface area contributed by atoms with Gasteiger partial charge < -0.3 is 15.8 Å². The number of carbonyl (C=O) groups excluding carboxylic acids is 2. The molecule has 2 heterocycles. The van der Waals surface area contributed by atoms with E-state index in [1.807, 2.05) is 0 Å². The molecule has 1 aromatic heterocycles. The smallest absolute Gasteiger partial charge is 0.275 e. The van der Waals surface area contributed by atoms with Crippen LogP contribution in [-0.2, 0) is 4.79 Å². The molecule has 2 aliphatic rings. The van der Waals surface area contributed by atoms with Gasteiger partial charge in [0.05, 0.1) is 31.5 Å². The van der Waals surface area contributed by atoms with E-state index in [9.17, 15) is 14.0 Å². The predicted octanol–water partition coefficient (Wildman–Crippen LogP) is 0.908. The number of nitrogens with zero attached hydrogens (tertiary/aromatic N) is 4. The zero-order valence-corrected chi connectivity index (χ0v) is 15.8. The number of nitrogens with two attached hydrogens (primary N) is 1. The summed E-state index contributed by atoms with van der Waals surface area (Å²) in [5, 5.41) is 2.70. The van der Waals surface area contributed by atoms with E-state index in [0.29, 0.717) is 5.70 Å². The van der Waals surface area contributed by atoms with Crippen molar-refractivity contribution in [2.45, 2.75) is 25.3 Å². The van der Waals surface area contributed by atoms with Crippen molar-refractivity contribution in [3.05, 3.63) is 41.8 Å². The van der Waals surface area contributed by atoms with Crippen molar-refractivity contribution in [2.24, 2.45) is 16.6 Å². The Morgan fingerprint density at radius 3 is 2.75 bits per heavy atom. The minimum Gasteiger partial charge on any atom is -0.480 e. The van der Waals surface area contributed by atoms with Crippen molar-refractivity contribution in [3.63, 3.8) is 0 Å². The summed E-state index contributed by atoms with van der Waals surface area (Å²) >= 11 is 0. The number of methoxy groups -OCH3 is 1. The van der Waals surface area contributed by atoms with Crippen LogP contribution in [0.4, 0.5) is 4.39 Å². The molecule has 0 radical (unpaired) electrons. The van der Waals surface area contributed by atoms with E-state index in [-0.39, 0.29) is 36.3 Å². The third-order valence-electron chi connectivity index (χ3n) is 4.89. The maximum atomic E-state index is 14.6. The Morgan fingerprint density at radius 2 is 2.14 bits per heavy atom. The minimum absolute atomic E-state index is 0.0152. The van der Waals surface area contributed by atoms with Gasteiger partial charge in [-0.15, -0.1) is 0 Å². The van der Waals surface area contributed by atoms with Gasteiger partial charge in [-0.25, -0.2) is 19.4 Å². The molecule has 3 N–H and O–H groups in total. The highest BCUT2D eigenvalue weighted by Crippen LogP contribution is 2.40. The Bertz CT molecular complexity index is 895. The SMILES string of the molecule is COc1cnc(C(=O)NC2=CC=C(F)C([C@]3(C)CC(=O)N(C)C(N)=N3)C2)cn1. The lowest BCUT2D eigenvalue weighted by Gasteiger charge is -2.39. The zero-order valence-electron chi connectivity index (χ0n) is 15.8. The minimum atomic E-state index is -1.04. The average Bonchev–Trinajstić information content (AvgIpc) is 2.67. The van der Waals surface area contributed by atoms with E-state index in [4.69, 9.17) is 10.5 Å². The Morgan fingerprint density at radius 1 is 1.39 bits per heavy atom. The van der Waals surface area contributed by atoms with Crippen LogP contribution in [0.2, 0.25) is 0 Å². The molecule has 148 valence electrons. The molecule has 0 spiro atoms. The number of nitrogens with one attached hydrogen (secondary N) is 1. The van der Waals surface area contributed by atoms with Gasteiger partial charge in [0, 0.05) is 18.7 Å². The third kappa shape index (κ3) is 3.71. The molecule has 2 atom stereocenters. The van der Waals surface area contributed by atoms with Gasteiger partial charge in [-0.05, 0) is 25.5 Å². The van der Waals surface area contributed by atoms with Crippen molar-refractivity contribution in [1.29, 1.82) is 0 Å². The average molecular weight is 388 g/mol. The summed E-state index contributed by atoms with van der Waals surface area (Å²) in [4.78, 5) is 38.1. The van der Waals surface area contributed by atoms with Crippen molar-refractivity contribution in [1.82, 2.24) is 20.2 Å². The first kappa shape index (κ1) is 19.5. The van der Waals surface area contributed by atoms with Crippen LogP contribution in [-0.4, -0.2) is 52.3 Å². The number of hydrogen-bond acceptors (Lipinski definition) is 7. The van der Waals surface area contributed by atoms with Gasteiger partial charge in [0.1, 0.15) is 11.5 Å². The normalized spacial score (nSPS) is 24.9. The molecule has 2 amide bonds. The highest BCUT2D eigenvalue weighted by molar-refractivity contribution is 5.98. The fourth-order valence-corrected chi connectivity index (χ4v) is 3.17. The second kappa shape index (κ2) is 7.37. The van der Waals surface area contributed by atoms with Crippen LogP contribution in [0, 0.1) is 5.92 Å². The molecule has 10 heteroatoms. The quantitative estimate of drug-likeness (QED) is 0.790. The number of aromatic nitrogens is 2. The van der Waals surface area contributed by atoms with E-state index in [2.05, 4.69) is 20.3 Å². The molecular weight excluding hydrogens is 367 g/mol. The lowest BCUT2D eigenvalue weighted by molar-refractivity contribution is -0.128. The van der Waals surface area contributed by atoms with E-state index in [1.165, 1.54) is 43.6 Å². The number of rotatable bonds is 4. The molecule has 3 rings (SSSR count). The number of aliphatic imine (C=N–C) groups is 1. The topological polar surface area (TPSA) is 123 Å².